The van der Waals surface area contributed by atoms with Crippen molar-refractivity contribution in [1.29, 1.82) is 0 Å². The SMILES string of the molecule is O=C(/C=C/c1ccc(Cl)c(Cl)c1)N1CCC(c2nc3ccccc3[nH]2)CC1. The van der Waals surface area contributed by atoms with E-state index >= 15 is 0 Å². The number of likely N-dealkylation sites (tertiary alicyclic amines) is 1. The van der Waals surface area contributed by atoms with Crippen LogP contribution < -0.4 is 0 Å². The van der Waals surface area contributed by atoms with Crippen LogP contribution in [0.25, 0.3) is 17.1 Å². The highest BCUT2D eigenvalue weighted by atomic mass is 35.5. The molecule has 0 atom stereocenters. The predicted molar refractivity (Wildman–Crippen MR) is 110 cm³/mol. The molecule has 0 aliphatic carbocycles. The number of hydrogen-bond donors (Lipinski definition) is 1. The number of para-hydroxylation sites is 2. The molecular weight excluding hydrogens is 381 g/mol. The topological polar surface area (TPSA) is 49.0 Å². The van der Waals surface area contributed by atoms with Crippen molar-refractivity contribution in [3.63, 3.8) is 0 Å². The first-order valence-corrected chi connectivity index (χ1v) is 9.72. The summed E-state index contributed by atoms with van der Waals surface area (Å²) in [5, 5.41) is 0.991. The number of H-pyrrole nitrogens is 1. The maximum absolute atomic E-state index is 12.5. The van der Waals surface area contributed by atoms with Crippen LogP contribution in [-0.2, 0) is 4.79 Å². The molecule has 27 heavy (non-hydrogen) atoms. The minimum absolute atomic E-state index is 0.0177. The Labute approximate surface area is 167 Å². The van der Waals surface area contributed by atoms with Crippen molar-refractivity contribution in [3.05, 3.63) is 70.0 Å². The van der Waals surface area contributed by atoms with E-state index in [1.807, 2.05) is 35.2 Å². The molecule has 1 aliphatic heterocycles. The van der Waals surface area contributed by atoms with Gasteiger partial charge >= 0.3 is 0 Å². The molecule has 3 aromatic rings. The quantitative estimate of drug-likeness (QED) is 0.608. The van der Waals surface area contributed by atoms with E-state index in [4.69, 9.17) is 28.2 Å². The summed E-state index contributed by atoms with van der Waals surface area (Å²) in [6, 6.07) is 13.4. The Bertz CT molecular complexity index is 971. The Morgan fingerprint density at radius 2 is 1.89 bits per heavy atom. The van der Waals surface area contributed by atoms with Crippen molar-refractivity contribution in [3.8, 4) is 0 Å². The largest absolute Gasteiger partial charge is 0.342 e. The smallest absolute Gasteiger partial charge is 0.246 e. The highest BCUT2D eigenvalue weighted by molar-refractivity contribution is 6.42. The Balaban J connectivity index is 1.37. The van der Waals surface area contributed by atoms with Gasteiger partial charge in [0.05, 0.1) is 21.1 Å². The highest BCUT2D eigenvalue weighted by Crippen LogP contribution is 2.28. The van der Waals surface area contributed by atoms with Crippen molar-refractivity contribution in [2.75, 3.05) is 13.1 Å². The van der Waals surface area contributed by atoms with E-state index in [9.17, 15) is 4.79 Å². The van der Waals surface area contributed by atoms with Crippen LogP contribution >= 0.6 is 23.2 Å². The summed E-state index contributed by atoms with van der Waals surface area (Å²) in [5.41, 5.74) is 2.92. The third-order valence-electron chi connectivity index (χ3n) is 4.96. The van der Waals surface area contributed by atoms with E-state index in [-0.39, 0.29) is 5.91 Å². The summed E-state index contributed by atoms with van der Waals surface area (Å²) < 4.78 is 0. The minimum Gasteiger partial charge on any atom is -0.342 e. The van der Waals surface area contributed by atoms with Crippen molar-refractivity contribution in [2.24, 2.45) is 0 Å². The molecule has 0 saturated carbocycles. The fraction of sp³-hybridized carbons (Fsp3) is 0.238. The predicted octanol–water partition coefficient (Wildman–Crippen LogP) is 5.29. The number of piperidine rings is 1. The van der Waals surface area contributed by atoms with Crippen molar-refractivity contribution >= 4 is 46.2 Å². The number of amides is 1. The number of hydrogen-bond acceptors (Lipinski definition) is 2. The second-order valence-corrected chi connectivity index (χ2v) is 7.56. The summed E-state index contributed by atoms with van der Waals surface area (Å²) in [6.07, 6.45) is 5.19. The molecule has 1 aromatic heterocycles. The molecule has 0 radical (unpaired) electrons. The summed E-state index contributed by atoms with van der Waals surface area (Å²) in [7, 11) is 0. The van der Waals surface area contributed by atoms with Crippen LogP contribution in [0.1, 0.15) is 30.1 Å². The van der Waals surface area contributed by atoms with Gasteiger partial charge in [-0.2, -0.15) is 0 Å². The second kappa shape index (κ2) is 7.75. The van der Waals surface area contributed by atoms with Crippen LogP contribution in [0, 0.1) is 0 Å². The molecule has 1 amide bonds. The van der Waals surface area contributed by atoms with Crippen LogP contribution in [0.2, 0.25) is 10.0 Å². The normalized spacial score (nSPS) is 15.7. The van der Waals surface area contributed by atoms with E-state index in [2.05, 4.69) is 4.98 Å². The Morgan fingerprint density at radius 3 is 2.63 bits per heavy atom. The van der Waals surface area contributed by atoms with Gasteiger partial charge in [-0.1, -0.05) is 41.4 Å². The molecule has 138 valence electrons. The Kier molecular flexibility index (Phi) is 5.19. The number of nitrogens with zero attached hydrogens (tertiary/aromatic N) is 2. The van der Waals surface area contributed by atoms with Gasteiger partial charge in [0, 0.05) is 25.1 Å². The zero-order chi connectivity index (χ0) is 18.8. The average molecular weight is 400 g/mol. The van der Waals surface area contributed by atoms with Gasteiger partial charge in [-0.05, 0) is 48.7 Å². The highest BCUT2D eigenvalue weighted by Gasteiger charge is 2.24. The van der Waals surface area contributed by atoms with Crippen LogP contribution in [0.5, 0.6) is 0 Å². The number of aromatic nitrogens is 2. The lowest BCUT2D eigenvalue weighted by molar-refractivity contribution is -0.127. The number of benzene rings is 2. The van der Waals surface area contributed by atoms with Crippen LogP contribution in [0.4, 0.5) is 0 Å². The molecule has 1 N–H and O–H groups in total. The van der Waals surface area contributed by atoms with Gasteiger partial charge < -0.3 is 9.88 Å². The molecule has 6 heteroatoms. The van der Waals surface area contributed by atoms with E-state index in [0.717, 1.165) is 48.4 Å². The average Bonchev–Trinajstić information content (AvgIpc) is 3.13. The molecule has 0 spiro atoms. The molecular formula is C21H19Cl2N3O. The van der Waals surface area contributed by atoms with Gasteiger partial charge in [-0.3, -0.25) is 4.79 Å². The number of halogens is 2. The molecule has 0 bridgehead atoms. The Morgan fingerprint density at radius 1 is 1.11 bits per heavy atom. The zero-order valence-corrected chi connectivity index (χ0v) is 16.2. The second-order valence-electron chi connectivity index (χ2n) is 6.75. The fourth-order valence-electron chi connectivity index (χ4n) is 3.43. The van der Waals surface area contributed by atoms with E-state index < -0.39 is 0 Å². The third-order valence-corrected chi connectivity index (χ3v) is 5.70. The van der Waals surface area contributed by atoms with Gasteiger partial charge in [0.1, 0.15) is 5.82 Å². The number of imidazole rings is 1. The van der Waals surface area contributed by atoms with Crippen LogP contribution in [0.3, 0.4) is 0 Å². The van der Waals surface area contributed by atoms with E-state index in [0.29, 0.717) is 16.0 Å². The van der Waals surface area contributed by atoms with Crippen LogP contribution in [-0.4, -0.2) is 33.9 Å². The summed E-state index contributed by atoms with van der Waals surface area (Å²) in [6.45, 7) is 1.46. The van der Waals surface area contributed by atoms with Gasteiger partial charge in [0.2, 0.25) is 5.91 Å². The summed E-state index contributed by atoms with van der Waals surface area (Å²) >= 11 is 11.9. The van der Waals surface area contributed by atoms with Crippen molar-refractivity contribution < 1.29 is 4.79 Å². The number of carbonyl (C=O) groups is 1. The summed E-state index contributed by atoms with van der Waals surface area (Å²) in [5.74, 6) is 1.40. The molecule has 4 nitrogen and oxygen atoms in total. The zero-order valence-electron chi connectivity index (χ0n) is 14.7. The standard InChI is InChI=1S/C21H19Cl2N3O/c22-16-7-5-14(13-17(16)23)6-8-20(27)26-11-9-15(10-12-26)21-24-18-3-1-2-4-19(18)25-21/h1-8,13,15H,9-12H2,(H,24,25)/b8-6+. The lowest BCUT2D eigenvalue weighted by Crippen LogP contribution is -2.37. The summed E-state index contributed by atoms with van der Waals surface area (Å²) in [4.78, 5) is 22.5. The number of rotatable bonds is 3. The number of aromatic amines is 1. The third kappa shape index (κ3) is 4.02. The number of nitrogens with one attached hydrogen (secondary N) is 1. The number of carbonyl (C=O) groups excluding carboxylic acids is 1. The molecule has 1 fully saturated rings. The molecule has 2 heterocycles. The van der Waals surface area contributed by atoms with Gasteiger partial charge in [0.15, 0.2) is 0 Å². The van der Waals surface area contributed by atoms with Gasteiger partial charge in [-0.15, -0.1) is 0 Å². The molecule has 4 rings (SSSR count). The first-order valence-electron chi connectivity index (χ1n) is 8.97. The minimum atomic E-state index is 0.0177. The van der Waals surface area contributed by atoms with Crippen molar-refractivity contribution in [1.82, 2.24) is 14.9 Å². The molecule has 1 aliphatic rings. The maximum Gasteiger partial charge on any atom is 0.246 e. The first-order chi connectivity index (χ1) is 13.1. The maximum atomic E-state index is 12.5. The molecule has 2 aromatic carbocycles. The number of fused-ring (bicyclic) bond motifs is 1. The lowest BCUT2D eigenvalue weighted by Gasteiger charge is -2.30. The van der Waals surface area contributed by atoms with Gasteiger partial charge in [-0.25, -0.2) is 4.98 Å². The first kappa shape index (κ1) is 18.1. The lowest BCUT2D eigenvalue weighted by atomic mass is 9.96. The fourth-order valence-corrected chi connectivity index (χ4v) is 3.73. The van der Waals surface area contributed by atoms with E-state index in [1.54, 1.807) is 24.3 Å². The van der Waals surface area contributed by atoms with Gasteiger partial charge in [0.25, 0.3) is 0 Å². The monoisotopic (exact) mass is 399 g/mol. The van der Waals surface area contributed by atoms with E-state index in [1.165, 1.54) is 0 Å². The van der Waals surface area contributed by atoms with Crippen LogP contribution in [0.15, 0.2) is 48.5 Å². The van der Waals surface area contributed by atoms with Crippen molar-refractivity contribution in [2.45, 2.75) is 18.8 Å². The molecule has 1 saturated heterocycles. The molecule has 0 unspecified atom stereocenters. The Hall–Kier alpha value is -2.30.